The number of rotatable bonds is 11. The maximum absolute atomic E-state index is 13.0. The number of ether oxygens (including phenoxy) is 1. The van der Waals surface area contributed by atoms with Gasteiger partial charge in [0.05, 0.1) is 0 Å². The number of urea groups is 1. The molecule has 2 aliphatic heterocycles. The number of alkyl carbamates (subject to hydrolysis) is 1. The van der Waals surface area contributed by atoms with Crippen molar-refractivity contribution in [2.75, 3.05) is 36.4 Å². The Labute approximate surface area is 219 Å². The van der Waals surface area contributed by atoms with Crippen LogP contribution in [0.1, 0.15) is 72.1 Å². The first-order valence-electron chi connectivity index (χ1n) is 13.4. The number of unbranched alkanes of at least 4 members (excludes halogenated alkanes) is 4. The Balaban J connectivity index is 1.31. The number of anilines is 2. The van der Waals surface area contributed by atoms with Gasteiger partial charge < -0.3 is 25.2 Å². The number of carbonyl (C=O) groups excluding carboxylic acids is 4. The second kappa shape index (κ2) is 13.3. The van der Waals surface area contributed by atoms with Crippen LogP contribution in [0.5, 0.6) is 0 Å². The molecule has 3 rings (SSSR count). The van der Waals surface area contributed by atoms with Crippen molar-refractivity contribution >= 4 is 35.3 Å². The van der Waals surface area contributed by atoms with Gasteiger partial charge in [0.2, 0.25) is 11.8 Å². The van der Waals surface area contributed by atoms with E-state index in [0.717, 1.165) is 50.0 Å². The summed E-state index contributed by atoms with van der Waals surface area (Å²) in [5, 5.41) is 8.56. The minimum absolute atomic E-state index is 0.105. The number of amides is 5. The number of nitrogens with zero attached hydrogens (tertiary/aromatic N) is 2. The topological polar surface area (TPSA) is 120 Å². The van der Waals surface area contributed by atoms with E-state index in [9.17, 15) is 19.2 Å². The first kappa shape index (κ1) is 28.3. The molecule has 2 aliphatic rings. The van der Waals surface area contributed by atoms with Crippen LogP contribution >= 0.6 is 0 Å². The first-order chi connectivity index (χ1) is 17.6. The van der Waals surface area contributed by atoms with E-state index in [4.69, 9.17) is 4.74 Å². The van der Waals surface area contributed by atoms with E-state index in [1.165, 1.54) is 4.90 Å². The second-order valence-electron chi connectivity index (χ2n) is 10.6. The molecule has 2 fully saturated rings. The highest BCUT2D eigenvalue weighted by Gasteiger charge is 2.39. The third-order valence-corrected chi connectivity index (χ3v) is 6.39. The first-order valence-corrected chi connectivity index (χ1v) is 13.4. The van der Waals surface area contributed by atoms with E-state index >= 15 is 0 Å². The zero-order valence-electron chi connectivity index (χ0n) is 22.3. The molecule has 1 atom stereocenters. The number of carbonyl (C=O) groups is 4. The van der Waals surface area contributed by atoms with Crippen LogP contribution in [0.25, 0.3) is 0 Å². The van der Waals surface area contributed by atoms with Gasteiger partial charge in [-0.2, -0.15) is 0 Å². The quantitative estimate of drug-likeness (QED) is 0.383. The van der Waals surface area contributed by atoms with Crippen LogP contribution in [0.15, 0.2) is 24.3 Å². The third-order valence-electron chi connectivity index (χ3n) is 6.39. The van der Waals surface area contributed by atoms with Crippen LogP contribution in [0.4, 0.5) is 21.0 Å². The van der Waals surface area contributed by atoms with Crippen LogP contribution in [-0.4, -0.2) is 66.7 Å². The molecule has 0 aromatic heterocycles. The smallest absolute Gasteiger partial charge is 0.407 e. The summed E-state index contributed by atoms with van der Waals surface area (Å²) in [5.41, 5.74) is 1.34. The lowest BCUT2D eigenvalue weighted by Crippen LogP contribution is -2.49. The van der Waals surface area contributed by atoms with E-state index in [1.54, 1.807) is 4.90 Å². The van der Waals surface area contributed by atoms with E-state index in [1.807, 2.05) is 45.0 Å². The Morgan fingerprint density at radius 1 is 1.00 bits per heavy atom. The minimum atomic E-state index is -0.531. The summed E-state index contributed by atoms with van der Waals surface area (Å²) in [6.45, 7) is 8.00. The molecule has 0 saturated carbocycles. The lowest BCUT2D eigenvalue weighted by atomic mass is 10.1. The Morgan fingerprint density at radius 2 is 1.68 bits per heavy atom. The van der Waals surface area contributed by atoms with Crippen LogP contribution in [0, 0.1) is 0 Å². The van der Waals surface area contributed by atoms with Gasteiger partial charge in [-0.05, 0) is 70.7 Å². The van der Waals surface area contributed by atoms with Gasteiger partial charge >= 0.3 is 12.1 Å². The van der Waals surface area contributed by atoms with E-state index in [2.05, 4.69) is 16.0 Å². The molecule has 10 nitrogen and oxygen atoms in total. The molecule has 37 heavy (non-hydrogen) atoms. The molecule has 204 valence electrons. The zero-order chi connectivity index (χ0) is 26.8. The van der Waals surface area contributed by atoms with Gasteiger partial charge in [0.25, 0.3) is 0 Å². The summed E-state index contributed by atoms with van der Waals surface area (Å²) < 4.78 is 5.22. The summed E-state index contributed by atoms with van der Waals surface area (Å²) in [5.74, 6) is -0.392. The average molecular weight is 516 g/mol. The number of benzene rings is 1. The molecule has 1 unspecified atom stereocenters. The lowest BCUT2D eigenvalue weighted by Gasteiger charge is -2.26. The molecule has 0 spiro atoms. The maximum atomic E-state index is 13.0. The largest absolute Gasteiger partial charge is 0.444 e. The van der Waals surface area contributed by atoms with Crippen LogP contribution in [0.3, 0.4) is 0 Å². The van der Waals surface area contributed by atoms with Crippen molar-refractivity contribution in [2.45, 2.75) is 83.8 Å². The molecule has 2 saturated heterocycles. The maximum Gasteiger partial charge on any atom is 0.407 e. The average Bonchev–Trinajstić information content (AvgIpc) is 3.11. The lowest BCUT2D eigenvalue weighted by molar-refractivity contribution is -0.121. The summed E-state index contributed by atoms with van der Waals surface area (Å²) in [4.78, 5) is 51.8. The van der Waals surface area contributed by atoms with E-state index < -0.39 is 17.7 Å². The molecular formula is C27H41N5O5. The van der Waals surface area contributed by atoms with Crippen molar-refractivity contribution in [3.63, 3.8) is 0 Å². The highest BCUT2D eigenvalue weighted by Crippen LogP contribution is 2.26. The SMILES string of the molecule is CC(C)(C)OC(=O)NCCCCCCCNc1ccc(N2CCC(N3CCCC(=O)NC3=O)C2=O)cc1. The Bertz CT molecular complexity index is 944. The second-order valence-corrected chi connectivity index (χ2v) is 10.6. The normalized spacial score (nSPS) is 18.5. The van der Waals surface area contributed by atoms with Crippen LogP contribution in [-0.2, 0) is 14.3 Å². The monoisotopic (exact) mass is 515 g/mol. The van der Waals surface area contributed by atoms with Gasteiger partial charge in [-0.25, -0.2) is 9.59 Å². The summed E-state index contributed by atoms with van der Waals surface area (Å²) >= 11 is 0. The Morgan fingerprint density at radius 3 is 2.38 bits per heavy atom. The van der Waals surface area contributed by atoms with E-state index in [-0.39, 0.29) is 17.9 Å². The summed E-state index contributed by atoms with van der Waals surface area (Å²) in [6, 6.07) is 6.78. The van der Waals surface area contributed by atoms with Gasteiger partial charge in [0.1, 0.15) is 11.6 Å². The predicted octanol–water partition coefficient (Wildman–Crippen LogP) is 4.01. The summed E-state index contributed by atoms with van der Waals surface area (Å²) in [6.07, 6.45) is 6.32. The number of imide groups is 1. The molecule has 0 radical (unpaired) electrons. The number of hydrogen-bond donors (Lipinski definition) is 3. The molecule has 0 bridgehead atoms. The molecule has 1 aromatic carbocycles. The fraction of sp³-hybridized carbons (Fsp3) is 0.630. The highest BCUT2D eigenvalue weighted by molar-refractivity contribution is 6.03. The highest BCUT2D eigenvalue weighted by atomic mass is 16.6. The van der Waals surface area contributed by atoms with Crippen molar-refractivity contribution < 1.29 is 23.9 Å². The van der Waals surface area contributed by atoms with Crippen LogP contribution in [0.2, 0.25) is 0 Å². The molecule has 3 N–H and O–H groups in total. The molecule has 10 heteroatoms. The predicted molar refractivity (Wildman–Crippen MR) is 142 cm³/mol. The van der Waals surface area contributed by atoms with Gasteiger partial charge in [-0.1, -0.05) is 19.3 Å². The Hall–Kier alpha value is -3.30. The van der Waals surface area contributed by atoms with Crippen molar-refractivity contribution in [3.05, 3.63) is 24.3 Å². The molecule has 5 amide bonds. The van der Waals surface area contributed by atoms with Gasteiger partial charge in [0, 0.05) is 44.0 Å². The summed E-state index contributed by atoms with van der Waals surface area (Å²) in [7, 11) is 0. The van der Waals surface area contributed by atoms with Crippen LogP contribution < -0.4 is 20.9 Å². The molecular weight excluding hydrogens is 474 g/mol. The minimum Gasteiger partial charge on any atom is -0.444 e. The number of nitrogens with one attached hydrogen (secondary N) is 3. The van der Waals surface area contributed by atoms with Gasteiger partial charge in [-0.3, -0.25) is 14.9 Å². The Kier molecular flexibility index (Phi) is 10.2. The van der Waals surface area contributed by atoms with Crippen molar-refractivity contribution in [1.29, 1.82) is 0 Å². The fourth-order valence-electron chi connectivity index (χ4n) is 4.55. The molecule has 1 aromatic rings. The third kappa shape index (κ3) is 8.94. The standard InChI is InChI=1S/C27H41N5O5/c1-27(2,3)37-26(36)29-17-8-6-4-5-7-16-28-20-11-13-21(14-12-20)31-19-15-22(24(31)34)32-18-9-10-23(33)30-25(32)35/h11-14,22,28H,4-10,15-19H2,1-3H3,(H,29,36)(H,30,33,35). The fourth-order valence-corrected chi connectivity index (χ4v) is 4.55. The van der Waals surface area contributed by atoms with Crippen molar-refractivity contribution in [3.8, 4) is 0 Å². The van der Waals surface area contributed by atoms with Gasteiger partial charge in [-0.15, -0.1) is 0 Å². The number of hydrogen-bond acceptors (Lipinski definition) is 6. The van der Waals surface area contributed by atoms with Gasteiger partial charge in [0.15, 0.2) is 0 Å². The van der Waals surface area contributed by atoms with E-state index in [0.29, 0.717) is 38.9 Å². The molecule has 2 heterocycles. The molecule has 0 aliphatic carbocycles. The zero-order valence-corrected chi connectivity index (χ0v) is 22.3. The van der Waals surface area contributed by atoms with Crippen molar-refractivity contribution in [1.82, 2.24) is 15.5 Å². The van der Waals surface area contributed by atoms with Crippen molar-refractivity contribution in [2.24, 2.45) is 0 Å².